The molecule has 1 N–H and O–H groups in total. The normalized spacial score (nSPS) is 10.9. The van der Waals surface area contributed by atoms with E-state index >= 15 is 0 Å². The zero-order valence-electron chi connectivity index (χ0n) is 17.4. The highest BCUT2D eigenvalue weighted by molar-refractivity contribution is 7.12. The molecule has 3 aromatic carbocycles. The van der Waals surface area contributed by atoms with Crippen LogP contribution in [0.5, 0.6) is 5.75 Å². The smallest absolute Gasteiger partial charge is 0.263 e. The van der Waals surface area contributed by atoms with Gasteiger partial charge in [0.2, 0.25) is 5.13 Å². The molecule has 1 amide bonds. The van der Waals surface area contributed by atoms with E-state index in [1.807, 2.05) is 91.2 Å². The molecule has 0 aliphatic heterocycles. The van der Waals surface area contributed by atoms with Crippen LogP contribution in [0.25, 0.3) is 27.2 Å². The van der Waals surface area contributed by atoms with E-state index in [0.717, 1.165) is 27.7 Å². The summed E-state index contributed by atoms with van der Waals surface area (Å²) in [5.41, 5.74) is 2.69. The number of aromatic nitrogens is 3. The number of carbonyl (C=O) groups is 1. The van der Waals surface area contributed by atoms with Gasteiger partial charge in [0, 0.05) is 17.0 Å². The van der Waals surface area contributed by atoms with E-state index in [4.69, 9.17) is 9.72 Å². The minimum Gasteiger partial charge on any atom is -0.484 e. The molecule has 5 rings (SSSR count). The van der Waals surface area contributed by atoms with Gasteiger partial charge >= 0.3 is 0 Å². The lowest BCUT2D eigenvalue weighted by Crippen LogP contribution is -2.21. The fourth-order valence-electron chi connectivity index (χ4n) is 3.42. The molecule has 2 aromatic heterocycles. The van der Waals surface area contributed by atoms with Crippen molar-refractivity contribution >= 4 is 33.8 Å². The van der Waals surface area contributed by atoms with Crippen molar-refractivity contribution in [3.05, 3.63) is 89.9 Å². The fraction of sp³-hybridized carbons (Fsp3) is 0.0800. The Morgan fingerprint density at radius 1 is 1.00 bits per heavy atom. The number of fused-ring (bicyclic) bond motifs is 1. The Hall–Kier alpha value is -3.97. The predicted octanol–water partition coefficient (Wildman–Crippen LogP) is 5.47. The van der Waals surface area contributed by atoms with E-state index in [2.05, 4.69) is 10.4 Å². The maximum atomic E-state index is 12.6. The first-order chi connectivity index (χ1) is 15.7. The van der Waals surface area contributed by atoms with Crippen molar-refractivity contribution in [3.63, 3.8) is 0 Å². The third-order valence-corrected chi connectivity index (χ3v) is 5.75. The molecule has 7 heteroatoms. The number of hydrogen-bond donors (Lipinski definition) is 1. The van der Waals surface area contributed by atoms with Crippen molar-refractivity contribution in [2.24, 2.45) is 0 Å². The van der Waals surface area contributed by atoms with Crippen LogP contribution in [-0.4, -0.2) is 27.3 Å². The van der Waals surface area contributed by atoms with Crippen molar-refractivity contribution in [1.29, 1.82) is 0 Å². The van der Waals surface area contributed by atoms with E-state index in [9.17, 15) is 4.79 Å². The van der Waals surface area contributed by atoms with Gasteiger partial charge in [-0.05, 0) is 29.8 Å². The molecule has 32 heavy (non-hydrogen) atoms. The molecule has 158 valence electrons. The van der Waals surface area contributed by atoms with Crippen LogP contribution in [0, 0.1) is 6.92 Å². The first kappa shape index (κ1) is 20.0. The molecule has 0 unspecified atom stereocenters. The highest BCUT2D eigenvalue weighted by Crippen LogP contribution is 2.26. The lowest BCUT2D eigenvalue weighted by molar-refractivity contribution is -0.118. The standard InChI is InChI=1S/C25H20N4O2S/c1-17-13-23(29(28-17)25-26-22(16-32-25)19-8-3-2-4-9-19)27-24(30)15-31-21-12-11-18-7-5-6-10-20(18)14-21/h2-14,16H,15H2,1H3,(H,27,30). The number of ether oxygens (including phenoxy) is 1. The third kappa shape index (κ3) is 4.24. The molecule has 0 fully saturated rings. The van der Waals surface area contributed by atoms with Gasteiger partial charge in [0.05, 0.1) is 11.4 Å². The van der Waals surface area contributed by atoms with Crippen LogP contribution in [0.15, 0.2) is 84.2 Å². The maximum absolute atomic E-state index is 12.6. The maximum Gasteiger partial charge on any atom is 0.263 e. The summed E-state index contributed by atoms with van der Waals surface area (Å²) in [6.07, 6.45) is 0. The average Bonchev–Trinajstić information content (AvgIpc) is 3.45. The number of aryl methyl sites for hydroxylation is 1. The van der Waals surface area contributed by atoms with Gasteiger partial charge in [-0.1, -0.05) is 60.7 Å². The molecule has 5 aromatic rings. The SMILES string of the molecule is Cc1cc(NC(=O)COc2ccc3ccccc3c2)n(-c2nc(-c3ccccc3)cs2)n1. The molecular formula is C25H20N4O2S. The van der Waals surface area contributed by atoms with Gasteiger partial charge in [-0.2, -0.15) is 9.78 Å². The number of thiazole rings is 1. The van der Waals surface area contributed by atoms with Crippen LogP contribution in [0.2, 0.25) is 0 Å². The molecule has 0 saturated heterocycles. The van der Waals surface area contributed by atoms with Gasteiger partial charge in [-0.15, -0.1) is 11.3 Å². The van der Waals surface area contributed by atoms with Crippen molar-refractivity contribution in [3.8, 4) is 22.1 Å². The zero-order valence-corrected chi connectivity index (χ0v) is 18.2. The second kappa shape index (κ2) is 8.64. The summed E-state index contributed by atoms with van der Waals surface area (Å²) in [7, 11) is 0. The summed E-state index contributed by atoms with van der Waals surface area (Å²) in [5.74, 6) is 0.943. The van der Waals surface area contributed by atoms with E-state index < -0.39 is 0 Å². The number of nitrogens with zero attached hydrogens (tertiary/aromatic N) is 3. The lowest BCUT2D eigenvalue weighted by atomic mass is 10.1. The zero-order chi connectivity index (χ0) is 21.9. The van der Waals surface area contributed by atoms with E-state index in [0.29, 0.717) is 16.7 Å². The Balaban J connectivity index is 1.29. The van der Waals surface area contributed by atoms with Crippen LogP contribution in [0.1, 0.15) is 5.69 Å². The van der Waals surface area contributed by atoms with Crippen LogP contribution in [0.4, 0.5) is 5.82 Å². The number of rotatable bonds is 6. The summed E-state index contributed by atoms with van der Waals surface area (Å²) in [6, 6.07) is 25.6. The highest BCUT2D eigenvalue weighted by Gasteiger charge is 2.15. The van der Waals surface area contributed by atoms with Gasteiger partial charge in [0.1, 0.15) is 11.6 Å². The summed E-state index contributed by atoms with van der Waals surface area (Å²) in [6.45, 7) is 1.78. The summed E-state index contributed by atoms with van der Waals surface area (Å²) in [4.78, 5) is 17.3. The van der Waals surface area contributed by atoms with Crippen molar-refractivity contribution in [2.75, 3.05) is 11.9 Å². The van der Waals surface area contributed by atoms with Crippen molar-refractivity contribution in [1.82, 2.24) is 14.8 Å². The predicted molar refractivity (Wildman–Crippen MR) is 127 cm³/mol. The Labute approximate surface area is 189 Å². The van der Waals surface area contributed by atoms with Gasteiger partial charge in [-0.3, -0.25) is 4.79 Å². The van der Waals surface area contributed by atoms with Gasteiger partial charge in [-0.25, -0.2) is 4.98 Å². The second-order valence-corrected chi connectivity index (χ2v) is 8.15. The molecular weight excluding hydrogens is 420 g/mol. The number of carbonyl (C=O) groups excluding carboxylic acids is 1. The number of hydrogen-bond acceptors (Lipinski definition) is 5. The summed E-state index contributed by atoms with van der Waals surface area (Å²) < 4.78 is 7.36. The average molecular weight is 441 g/mol. The number of amides is 1. The first-order valence-corrected chi connectivity index (χ1v) is 11.0. The van der Waals surface area contributed by atoms with Crippen LogP contribution >= 0.6 is 11.3 Å². The van der Waals surface area contributed by atoms with Crippen molar-refractivity contribution < 1.29 is 9.53 Å². The van der Waals surface area contributed by atoms with E-state index in [-0.39, 0.29) is 12.5 Å². The molecule has 0 atom stereocenters. The quantitative estimate of drug-likeness (QED) is 0.380. The van der Waals surface area contributed by atoms with Crippen LogP contribution in [-0.2, 0) is 4.79 Å². The second-order valence-electron chi connectivity index (χ2n) is 7.31. The summed E-state index contributed by atoms with van der Waals surface area (Å²) in [5, 5.41) is 12.3. The minimum absolute atomic E-state index is 0.101. The van der Waals surface area contributed by atoms with E-state index in [1.54, 1.807) is 4.68 Å². The number of anilines is 1. The van der Waals surface area contributed by atoms with Crippen molar-refractivity contribution in [2.45, 2.75) is 6.92 Å². The number of benzene rings is 3. The Bertz CT molecular complexity index is 1390. The largest absolute Gasteiger partial charge is 0.484 e. The molecule has 0 bridgehead atoms. The van der Waals surface area contributed by atoms with Gasteiger partial charge in [0.15, 0.2) is 6.61 Å². The Morgan fingerprint density at radius 2 is 1.78 bits per heavy atom. The molecule has 0 radical (unpaired) electrons. The monoisotopic (exact) mass is 440 g/mol. The molecule has 0 aliphatic rings. The first-order valence-electron chi connectivity index (χ1n) is 10.2. The third-order valence-electron chi connectivity index (χ3n) is 4.93. The molecule has 6 nitrogen and oxygen atoms in total. The molecule has 2 heterocycles. The molecule has 0 aliphatic carbocycles. The molecule has 0 spiro atoms. The van der Waals surface area contributed by atoms with Crippen LogP contribution < -0.4 is 10.1 Å². The van der Waals surface area contributed by atoms with Crippen LogP contribution in [0.3, 0.4) is 0 Å². The highest BCUT2D eigenvalue weighted by atomic mass is 32.1. The lowest BCUT2D eigenvalue weighted by Gasteiger charge is -2.09. The topological polar surface area (TPSA) is 69.0 Å². The number of nitrogens with one attached hydrogen (secondary N) is 1. The molecule has 0 saturated carbocycles. The van der Waals surface area contributed by atoms with E-state index in [1.165, 1.54) is 11.3 Å². The van der Waals surface area contributed by atoms with Gasteiger partial charge in [0.25, 0.3) is 5.91 Å². The Morgan fingerprint density at radius 3 is 2.62 bits per heavy atom. The Kier molecular flexibility index (Phi) is 5.39. The summed E-state index contributed by atoms with van der Waals surface area (Å²) >= 11 is 1.47. The fourth-order valence-corrected chi connectivity index (χ4v) is 4.22. The minimum atomic E-state index is -0.265. The van der Waals surface area contributed by atoms with Gasteiger partial charge < -0.3 is 10.1 Å².